The Morgan fingerprint density at radius 2 is 1.89 bits per heavy atom. The smallest absolute Gasteiger partial charge is 0.309 e. The van der Waals surface area contributed by atoms with Crippen LogP contribution in [-0.2, 0) is 19.1 Å². The van der Waals surface area contributed by atoms with Gasteiger partial charge in [0.25, 0.3) is 0 Å². The number of allylic oxidation sites excluding steroid dienone is 1. The maximum Gasteiger partial charge on any atom is 0.309 e. The average molecular weight is 392 g/mol. The molecule has 5 aliphatic rings. The van der Waals surface area contributed by atoms with Gasteiger partial charge in [0.1, 0.15) is 18.3 Å². The number of ketones is 1. The van der Waals surface area contributed by atoms with Crippen molar-refractivity contribution in [3.05, 3.63) is 11.6 Å². The van der Waals surface area contributed by atoms with Crippen LogP contribution in [0.3, 0.4) is 0 Å². The molecular weight excluding hydrogens is 364 g/mol. The van der Waals surface area contributed by atoms with Crippen LogP contribution in [0.15, 0.2) is 11.6 Å². The molecule has 154 valence electrons. The van der Waals surface area contributed by atoms with E-state index in [-0.39, 0.29) is 36.1 Å². The minimum atomic E-state index is -1.90. The third-order valence-corrected chi connectivity index (χ3v) is 8.98. The Morgan fingerprint density at radius 3 is 2.57 bits per heavy atom. The summed E-state index contributed by atoms with van der Waals surface area (Å²) in [5.41, 5.74) is -0.972. The summed E-state index contributed by atoms with van der Waals surface area (Å²) in [7, 11) is 0. The summed E-state index contributed by atoms with van der Waals surface area (Å²) in [6.45, 7) is 7.42. The molecule has 0 aromatic carbocycles. The first-order chi connectivity index (χ1) is 13.0. The maximum absolute atomic E-state index is 12.7. The van der Waals surface area contributed by atoms with Crippen molar-refractivity contribution in [3.8, 4) is 0 Å². The van der Waals surface area contributed by atoms with Gasteiger partial charge in [-0.05, 0) is 37.2 Å². The zero-order chi connectivity index (χ0) is 20.4. The van der Waals surface area contributed by atoms with E-state index >= 15 is 0 Å². The van der Waals surface area contributed by atoms with Gasteiger partial charge < -0.3 is 24.8 Å². The molecule has 7 nitrogen and oxygen atoms in total. The number of hydrogen-bond acceptors (Lipinski definition) is 7. The Bertz CT molecular complexity index is 807. The van der Waals surface area contributed by atoms with Crippen molar-refractivity contribution in [2.45, 2.75) is 58.2 Å². The van der Waals surface area contributed by atoms with Gasteiger partial charge >= 0.3 is 5.97 Å². The number of fused-ring (bicyclic) bond motifs is 1. The van der Waals surface area contributed by atoms with Crippen LogP contribution in [0.25, 0.3) is 0 Å². The highest BCUT2D eigenvalue weighted by molar-refractivity contribution is 5.96. The van der Waals surface area contributed by atoms with E-state index in [0.29, 0.717) is 6.42 Å². The first-order valence-electron chi connectivity index (χ1n) is 10.2. The fourth-order valence-electron chi connectivity index (χ4n) is 8.01. The molecule has 2 aliphatic heterocycles. The van der Waals surface area contributed by atoms with E-state index in [1.807, 2.05) is 20.8 Å². The standard InChI is InChI=1S/C21H28O7/c1-8-5-12(22)16(24)19(4)11(8)6-13-20-7-27-21(26,18(19)20)15(23)9(2)14(20)10(3)17(25)28-13/h5,9-11,13-16,18,23-24,26H,6-7H2,1-4H3/t9-,10+,11+,13+,14+,15-,16+,18-,19+,20-,21?/m0/s1. The summed E-state index contributed by atoms with van der Waals surface area (Å²) in [6, 6.07) is 0. The number of aliphatic hydroxyl groups is 3. The summed E-state index contributed by atoms with van der Waals surface area (Å²) in [4.78, 5) is 25.3. The Labute approximate surface area is 163 Å². The van der Waals surface area contributed by atoms with Crippen molar-refractivity contribution in [3.63, 3.8) is 0 Å². The van der Waals surface area contributed by atoms with Gasteiger partial charge in [-0.25, -0.2) is 0 Å². The predicted octanol–water partition coefficient (Wildman–Crippen LogP) is 0.412. The molecule has 11 atom stereocenters. The Balaban J connectivity index is 1.79. The topological polar surface area (TPSA) is 113 Å². The molecule has 5 rings (SSSR count). The summed E-state index contributed by atoms with van der Waals surface area (Å²) in [5, 5.41) is 33.7. The van der Waals surface area contributed by atoms with E-state index in [9.17, 15) is 24.9 Å². The van der Waals surface area contributed by atoms with Crippen LogP contribution in [0.4, 0.5) is 0 Å². The van der Waals surface area contributed by atoms with E-state index in [4.69, 9.17) is 9.47 Å². The molecule has 1 spiro atoms. The summed E-state index contributed by atoms with van der Waals surface area (Å²) in [5.74, 6) is -4.71. The van der Waals surface area contributed by atoms with Gasteiger partial charge in [0.2, 0.25) is 0 Å². The van der Waals surface area contributed by atoms with E-state index in [0.717, 1.165) is 5.57 Å². The van der Waals surface area contributed by atoms with Crippen molar-refractivity contribution >= 4 is 11.8 Å². The highest BCUT2D eigenvalue weighted by atomic mass is 16.6. The van der Waals surface area contributed by atoms with Crippen LogP contribution < -0.4 is 0 Å². The van der Waals surface area contributed by atoms with Gasteiger partial charge in [0.15, 0.2) is 11.6 Å². The van der Waals surface area contributed by atoms with Crippen LogP contribution in [0.1, 0.15) is 34.1 Å². The minimum absolute atomic E-state index is 0.133. The molecule has 4 fully saturated rings. The number of ether oxygens (including phenoxy) is 2. The van der Waals surface area contributed by atoms with Gasteiger partial charge in [0.05, 0.1) is 12.5 Å². The fraction of sp³-hybridized carbons (Fsp3) is 0.810. The number of aliphatic hydroxyl groups excluding tert-OH is 2. The van der Waals surface area contributed by atoms with Crippen LogP contribution in [-0.4, -0.2) is 57.8 Å². The van der Waals surface area contributed by atoms with E-state index < -0.39 is 46.8 Å². The second-order valence-electron chi connectivity index (χ2n) is 9.98. The van der Waals surface area contributed by atoms with Gasteiger partial charge in [-0.15, -0.1) is 0 Å². The fourth-order valence-corrected chi connectivity index (χ4v) is 8.01. The van der Waals surface area contributed by atoms with Gasteiger partial charge in [-0.3, -0.25) is 9.59 Å². The molecule has 0 amide bonds. The van der Waals surface area contributed by atoms with E-state index in [1.54, 1.807) is 6.92 Å². The quantitative estimate of drug-likeness (QED) is 0.512. The maximum atomic E-state index is 12.7. The van der Waals surface area contributed by atoms with Crippen LogP contribution in [0.5, 0.6) is 0 Å². The predicted molar refractivity (Wildman–Crippen MR) is 95.5 cm³/mol. The first kappa shape index (κ1) is 18.7. The summed E-state index contributed by atoms with van der Waals surface area (Å²) >= 11 is 0. The Hall–Kier alpha value is -1.28. The van der Waals surface area contributed by atoms with E-state index in [2.05, 4.69) is 0 Å². The normalized spacial score (nSPS) is 59.9. The van der Waals surface area contributed by atoms with E-state index in [1.165, 1.54) is 6.08 Å². The molecule has 0 radical (unpaired) electrons. The summed E-state index contributed by atoms with van der Waals surface area (Å²) in [6.07, 6.45) is -1.11. The largest absolute Gasteiger partial charge is 0.461 e. The molecule has 7 heteroatoms. The van der Waals surface area contributed by atoms with Crippen molar-refractivity contribution in [2.75, 3.05) is 6.61 Å². The molecule has 0 aromatic rings. The van der Waals surface area contributed by atoms with Gasteiger partial charge in [-0.1, -0.05) is 26.3 Å². The zero-order valence-electron chi connectivity index (χ0n) is 16.6. The third-order valence-electron chi connectivity index (χ3n) is 8.98. The van der Waals surface area contributed by atoms with Crippen molar-refractivity contribution < 1.29 is 34.4 Å². The number of carbonyl (C=O) groups excluding carboxylic acids is 2. The highest BCUT2D eigenvalue weighted by Crippen LogP contribution is 2.74. The molecule has 0 aromatic heterocycles. The zero-order valence-corrected chi connectivity index (χ0v) is 16.6. The lowest BCUT2D eigenvalue weighted by molar-refractivity contribution is -0.336. The van der Waals surface area contributed by atoms with Crippen LogP contribution >= 0.6 is 0 Å². The number of hydrogen-bond donors (Lipinski definition) is 3. The lowest BCUT2D eigenvalue weighted by Crippen LogP contribution is -2.76. The number of carbonyl (C=O) groups is 2. The molecule has 2 saturated heterocycles. The molecule has 2 heterocycles. The third kappa shape index (κ3) is 1.73. The SMILES string of the molecule is CC1=CC(=O)[C@@H](O)[C@@]2(C)[C@@H]1C[C@H]1OC(=O)[C@H](C)[C@H]3[C@H](C)[C@H](O)C4(O)OC[C@@]31[C@@H]42. The molecule has 2 bridgehead atoms. The first-order valence-corrected chi connectivity index (χ1v) is 10.2. The lowest BCUT2D eigenvalue weighted by Gasteiger charge is -2.68. The van der Waals surface area contributed by atoms with Gasteiger partial charge in [0, 0.05) is 16.7 Å². The highest BCUT2D eigenvalue weighted by Gasteiger charge is 2.82. The minimum Gasteiger partial charge on any atom is -0.461 e. The van der Waals surface area contributed by atoms with Crippen molar-refractivity contribution in [1.82, 2.24) is 0 Å². The van der Waals surface area contributed by atoms with Crippen molar-refractivity contribution in [1.29, 1.82) is 0 Å². The second kappa shape index (κ2) is 5.25. The lowest BCUT2D eigenvalue weighted by atomic mass is 9.37. The van der Waals surface area contributed by atoms with Gasteiger partial charge in [-0.2, -0.15) is 0 Å². The monoisotopic (exact) mass is 392 g/mol. The molecule has 1 unspecified atom stereocenters. The molecule has 28 heavy (non-hydrogen) atoms. The Morgan fingerprint density at radius 1 is 1.21 bits per heavy atom. The van der Waals surface area contributed by atoms with Crippen molar-refractivity contribution in [2.24, 2.45) is 40.4 Å². The second-order valence-corrected chi connectivity index (χ2v) is 9.98. The Kier molecular flexibility index (Phi) is 3.51. The molecule has 3 aliphatic carbocycles. The van der Waals surface area contributed by atoms with Crippen LogP contribution in [0.2, 0.25) is 0 Å². The summed E-state index contributed by atoms with van der Waals surface area (Å²) < 4.78 is 11.8. The number of rotatable bonds is 0. The molecule has 2 saturated carbocycles. The molecular formula is C21H28O7. The number of esters is 1. The average Bonchev–Trinajstić information content (AvgIpc) is 2.92. The molecule has 3 N–H and O–H groups in total. The van der Waals surface area contributed by atoms with Crippen LogP contribution in [0, 0.1) is 40.4 Å².